The molecule has 1 unspecified atom stereocenters. The highest BCUT2D eigenvalue weighted by Gasteiger charge is 2.32. The number of thiol groups is 1. The van der Waals surface area contributed by atoms with Crippen LogP contribution in [0.1, 0.15) is 45.4 Å². The zero-order valence-corrected chi connectivity index (χ0v) is 13.9. The Kier molecular flexibility index (Phi) is 8.96. The van der Waals surface area contributed by atoms with Crippen LogP contribution in [0.3, 0.4) is 0 Å². The number of nitrogens with zero attached hydrogens (tertiary/aromatic N) is 1. The molecule has 0 aromatic heterocycles. The molecular formula is C15H29N3O2S. The fraction of sp³-hybridized carbons (Fsp3) is 0.867. The third-order valence-electron chi connectivity index (χ3n) is 4.04. The summed E-state index contributed by atoms with van der Waals surface area (Å²) < 4.78 is 0. The van der Waals surface area contributed by atoms with Crippen molar-refractivity contribution in [1.29, 1.82) is 0 Å². The lowest BCUT2D eigenvalue weighted by Crippen LogP contribution is -2.47. The lowest BCUT2D eigenvalue weighted by atomic mass is 10.1. The van der Waals surface area contributed by atoms with Gasteiger partial charge in [-0.05, 0) is 19.4 Å². The Balaban J connectivity index is 2.34. The number of aldehydes is 1. The fourth-order valence-corrected chi connectivity index (χ4v) is 2.91. The fourth-order valence-electron chi connectivity index (χ4n) is 2.75. The van der Waals surface area contributed by atoms with Crippen LogP contribution in [0.4, 0.5) is 0 Å². The molecular weight excluding hydrogens is 286 g/mol. The van der Waals surface area contributed by atoms with E-state index in [-0.39, 0.29) is 18.0 Å². The molecule has 6 heteroatoms. The van der Waals surface area contributed by atoms with E-state index in [4.69, 9.17) is 5.73 Å². The number of unbranched alkanes of at least 4 members (excludes halogenated alkanes) is 4. The van der Waals surface area contributed by atoms with Crippen LogP contribution in [0.5, 0.6) is 0 Å². The Morgan fingerprint density at radius 1 is 1.43 bits per heavy atom. The number of nitrogens with one attached hydrogen (secondary N) is 1. The van der Waals surface area contributed by atoms with Crippen LogP contribution < -0.4 is 11.1 Å². The molecule has 0 radical (unpaired) electrons. The van der Waals surface area contributed by atoms with Gasteiger partial charge in [-0.25, -0.2) is 0 Å². The standard InChI is InChI=1S/C15H29N3O2S/c1-2-3-4-5-6-7-18-9-12(8-13(18)10-19)17-15(20)14(16)11-21/h10,12-14,21H,2-9,11,16H2,1H3,(H,17,20)/t12-,13+,14?/m1/s1. The Labute approximate surface area is 133 Å². The number of nitrogens with two attached hydrogens (primary N) is 1. The Morgan fingerprint density at radius 3 is 2.76 bits per heavy atom. The monoisotopic (exact) mass is 315 g/mol. The van der Waals surface area contributed by atoms with Crippen molar-refractivity contribution in [1.82, 2.24) is 10.2 Å². The maximum atomic E-state index is 11.8. The zero-order valence-electron chi connectivity index (χ0n) is 13.0. The first-order chi connectivity index (χ1) is 10.1. The van der Waals surface area contributed by atoms with Crippen molar-refractivity contribution in [2.45, 2.75) is 63.6 Å². The minimum atomic E-state index is -0.578. The summed E-state index contributed by atoms with van der Waals surface area (Å²) >= 11 is 4.03. The van der Waals surface area contributed by atoms with Crippen molar-refractivity contribution in [3.05, 3.63) is 0 Å². The SMILES string of the molecule is CCCCCCCN1C[C@H](NC(=O)C(N)CS)C[C@H]1C=O. The number of likely N-dealkylation sites (tertiary alicyclic amines) is 1. The van der Waals surface area contributed by atoms with Crippen molar-refractivity contribution >= 4 is 24.8 Å². The summed E-state index contributed by atoms with van der Waals surface area (Å²) in [6, 6.07) is -0.630. The molecule has 1 rings (SSSR count). The van der Waals surface area contributed by atoms with E-state index in [1.807, 2.05) is 0 Å². The molecule has 122 valence electrons. The second-order valence-electron chi connectivity index (χ2n) is 5.84. The second kappa shape index (κ2) is 10.2. The number of carbonyl (C=O) groups is 2. The molecule has 1 amide bonds. The average molecular weight is 315 g/mol. The molecule has 1 aliphatic heterocycles. The molecule has 5 nitrogen and oxygen atoms in total. The molecule has 0 bridgehead atoms. The number of rotatable bonds is 10. The van der Waals surface area contributed by atoms with Gasteiger partial charge in [0.15, 0.2) is 0 Å². The average Bonchev–Trinajstić information content (AvgIpc) is 2.88. The number of hydrogen-bond donors (Lipinski definition) is 3. The third-order valence-corrected chi connectivity index (χ3v) is 4.43. The Hall–Kier alpha value is -0.590. The van der Waals surface area contributed by atoms with E-state index in [1.165, 1.54) is 25.7 Å². The van der Waals surface area contributed by atoms with Crippen LogP contribution in [0.15, 0.2) is 0 Å². The summed E-state index contributed by atoms with van der Waals surface area (Å²) in [5.74, 6) is 0.154. The van der Waals surface area contributed by atoms with Crippen LogP contribution in [0, 0.1) is 0 Å². The molecule has 1 aliphatic rings. The largest absolute Gasteiger partial charge is 0.351 e. The lowest BCUT2D eigenvalue weighted by Gasteiger charge is -2.20. The van der Waals surface area contributed by atoms with E-state index in [1.54, 1.807) is 0 Å². The second-order valence-corrected chi connectivity index (χ2v) is 6.21. The highest BCUT2D eigenvalue weighted by atomic mass is 32.1. The molecule has 1 fully saturated rings. The molecule has 3 atom stereocenters. The van der Waals surface area contributed by atoms with E-state index in [2.05, 4.69) is 29.8 Å². The van der Waals surface area contributed by atoms with Crippen LogP contribution >= 0.6 is 12.6 Å². The van der Waals surface area contributed by atoms with Gasteiger partial charge in [-0.2, -0.15) is 12.6 Å². The van der Waals surface area contributed by atoms with Gasteiger partial charge in [0.25, 0.3) is 0 Å². The molecule has 0 aromatic rings. The number of carbonyl (C=O) groups excluding carboxylic acids is 2. The van der Waals surface area contributed by atoms with Crippen molar-refractivity contribution in [3.8, 4) is 0 Å². The van der Waals surface area contributed by atoms with Crippen molar-refractivity contribution < 1.29 is 9.59 Å². The maximum absolute atomic E-state index is 11.8. The van der Waals surface area contributed by atoms with Gasteiger partial charge in [-0.15, -0.1) is 0 Å². The maximum Gasteiger partial charge on any atom is 0.238 e. The first kappa shape index (κ1) is 18.5. The molecule has 1 heterocycles. The molecule has 0 aliphatic carbocycles. The van der Waals surface area contributed by atoms with Gasteiger partial charge in [0.2, 0.25) is 5.91 Å². The normalized spacial score (nSPS) is 24.0. The predicted octanol–water partition coefficient (Wildman–Crippen LogP) is 0.972. The number of amides is 1. The molecule has 0 spiro atoms. The van der Waals surface area contributed by atoms with E-state index in [0.717, 1.165) is 25.8 Å². The molecule has 1 saturated heterocycles. The van der Waals surface area contributed by atoms with E-state index < -0.39 is 6.04 Å². The van der Waals surface area contributed by atoms with Gasteiger partial charge < -0.3 is 15.8 Å². The van der Waals surface area contributed by atoms with Crippen LogP contribution in [0.25, 0.3) is 0 Å². The molecule has 0 aromatic carbocycles. The van der Waals surface area contributed by atoms with E-state index >= 15 is 0 Å². The molecule has 3 N–H and O–H groups in total. The van der Waals surface area contributed by atoms with E-state index in [9.17, 15) is 9.59 Å². The van der Waals surface area contributed by atoms with Gasteiger partial charge in [-0.1, -0.05) is 32.6 Å². The minimum absolute atomic E-state index is 0.0225. The van der Waals surface area contributed by atoms with Crippen LogP contribution in [-0.4, -0.2) is 54.1 Å². The summed E-state index contributed by atoms with van der Waals surface area (Å²) in [5.41, 5.74) is 5.65. The van der Waals surface area contributed by atoms with Gasteiger partial charge >= 0.3 is 0 Å². The predicted molar refractivity (Wildman–Crippen MR) is 88.6 cm³/mol. The summed E-state index contributed by atoms with van der Waals surface area (Å²) in [4.78, 5) is 25.1. The first-order valence-electron chi connectivity index (χ1n) is 7.98. The number of hydrogen-bond acceptors (Lipinski definition) is 5. The summed E-state index contributed by atoms with van der Waals surface area (Å²) in [7, 11) is 0. The third kappa shape index (κ3) is 6.36. The van der Waals surface area contributed by atoms with Crippen LogP contribution in [0.2, 0.25) is 0 Å². The van der Waals surface area contributed by atoms with Crippen molar-refractivity contribution in [2.75, 3.05) is 18.8 Å². The topological polar surface area (TPSA) is 75.4 Å². The summed E-state index contributed by atoms with van der Waals surface area (Å²) in [6.07, 6.45) is 7.77. The first-order valence-corrected chi connectivity index (χ1v) is 8.61. The van der Waals surface area contributed by atoms with Gasteiger partial charge in [0.05, 0.1) is 12.1 Å². The summed E-state index contributed by atoms with van der Waals surface area (Å²) in [5, 5.41) is 2.92. The highest BCUT2D eigenvalue weighted by molar-refractivity contribution is 7.80. The Morgan fingerprint density at radius 2 is 2.14 bits per heavy atom. The molecule has 0 saturated carbocycles. The van der Waals surface area contributed by atoms with E-state index in [0.29, 0.717) is 12.2 Å². The van der Waals surface area contributed by atoms with Gasteiger partial charge in [-0.3, -0.25) is 9.69 Å². The van der Waals surface area contributed by atoms with Crippen LogP contribution in [-0.2, 0) is 9.59 Å². The zero-order chi connectivity index (χ0) is 15.7. The minimum Gasteiger partial charge on any atom is -0.351 e. The highest BCUT2D eigenvalue weighted by Crippen LogP contribution is 2.17. The molecule has 21 heavy (non-hydrogen) atoms. The van der Waals surface area contributed by atoms with Gasteiger partial charge in [0, 0.05) is 18.3 Å². The smallest absolute Gasteiger partial charge is 0.238 e. The van der Waals surface area contributed by atoms with Crippen molar-refractivity contribution in [3.63, 3.8) is 0 Å². The summed E-state index contributed by atoms with van der Waals surface area (Å²) in [6.45, 7) is 3.87. The Bertz CT molecular complexity index is 328. The quantitative estimate of drug-likeness (QED) is 0.319. The lowest BCUT2D eigenvalue weighted by molar-refractivity contribution is -0.122. The van der Waals surface area contributed by atoms with Crippen molar-refractivity contribution in [2.24, 2.45) is 5.73 Å². The van der Waals surface area contributed by atoms with Gasteiger partial charge in [0.1, 0.15) is 6.29 Å².